The largest absolute Gasteiger partial charge is 0.344 e. The van der Waals surface area contributed by atoms with Gasteiger partial charge in [-0.05, 0) is 29.5 Å². The monoisotopic (exact) mass is 349 g/mol. The van der Waals surface area contributed by atoms with Crippen molar-refractivity contribution in [3.63, 3.8) is 0 Å². The van der Waals surface area contributed by atoms with Crippen molar-refractivity contribution in [1.82, 2.24) is 15.5 Å². The van der Waals surface area contributed by atoms with Crippen molar-refractivity contribution in [1.29, 1.82) is 0 Å². The van der Waals surface area contributed by atoms with Gasteiger partial charge in [-0.15, -0.1) is 0 Å². The van der Waals surface area contributed by atoms with Crippen LogP contribution in [-0.2, 0) is 5.41 Å². The lowest BCUT2D eigenvalue weighted by molar-refractivity contribution is 0.0935. The number of carbonyl (C=O) groups excluding carboxylic acids is 1. The van der Waals surface area contributed by atoms with E-state index in [1.165, 1.54) is 5.56 Å². The molecule has 3 aromatic rings. The van der Waals surface area contributed by atoms with Crippen LogP contribution in [0.5, 0.6) is 0 Å². The Kier molecular flexibility index (Phi) is 4.64. The number of carbonyl (C=O) groups is 1. The predicted octanol–water partition coefficient (Wildman–Crippen LogP) is 3.71. The number of hydrogen-bond donors (Lipinski definition) is 2. The van der Waals surface area contributed by atoms with Gasteiger partial charge in [0.15, 0.2) is 5.69 Å². The summed E-state index contributed by atoms with van der Waals surface area (Å²) < 4.78 is 0. The molecular weight excluding hydrogens is 326 g/mol. The maximum atomic E-state index is 12.7. The van der Waals surface area contributed by atoms with E-state index in [-0.39, 0.29) is 28.6 Å². The van der Waals surface area contributed by atoms with Gasteiger partial charge in [-0.25, -0.2) is 5.10 Å². The first-order valence-corrected chi connectivity index (χ1v) is 8.66. The van der Waals surface area contributed by atoms with Gasteiger partial charge in [-0.2, -0.15) is 5.10 Å². The lowest BCUT2D eigenvalue weighted by Gasteiger charge is -2.20. The zero-order valence-corrected chi connectivity index (χ0v) is 15.5. The highest BCUT2D eigenvalue weighted by Crippen LogP contribution is 2.24. The second-order valence-corrected chi connectivity index (χ2v) is 7.51. The summed E-state index contributed by atoms with van der Waals surface area (Å²) in [5.74, 6) is -0.315. The van der Waals surface area contributed by atoms with Crippen molar-refractivity contribution < 1.29 is 4.79 Å². The zero-order chi connectivity index (χ0) is 18.9. The van der Waals surface area contributed by atoms with E-state index in [1.807, 2.05) is 19.1 Å². The number of aromatic nitrogens is 2. The van der Waals surface area contributed by atoms with Crippen LogP contribution in [0.15, 0.2) is 53.3 Å². The molecule has 1 aromatic heterocycles. The van der Waals surface area contributed by atoms with Crippen molar-refractivity contribution >= 4 is 16.7 Å². The van der Waals surface area contributed by atoms with Gasteiger partial charge >= 0.3 is 0 Å². The van der Waals surface area contributed by atoms with Gasteiger partial charge in [0.25, 0.3) is 11.5 Å². The Hall–Kier alpha value is -2.95. The minimum Gasteiger partial charge on any atom is -0.344 e. The number of amides is 1. The summed E-state index contributed by atoms with van der Waals surface area (Å²) in [6.45, 7) is 8.43. The fraction of sp³-hybridized carbons (Fsp3) is 0.286. The minimum atomic E-state index is -0.315. The van der Waals surface area contributed by atoms with E-state index in [0.29, 0.717) is 10.8 Å². The zero-order valence-electron chi connectivity index (χ0n) is 15.5. The highest BCUT2D eigenvalue weighted by molar-refractivity contribution is 6.04. The maximum Gasteiger partial charge on any atom is 0.272 e. The predicted molar refractivity (Wildman–Crippen MR) is 103 cm³/mol. The molecule has 26 heavy (non-hydrogen) atoms. The van der Waals surface area contributed by atoms with E-state index in [9.17, 15) is 9.59 Å². The minimum absolute atomic E-state index is 0.0871. The molecule has 1 atom stereocenters. The number of benzene rings is 2. The summed E-state index contributed by atoms with van der Waals surface area (Å²) in [7, 11) is 0. The fourth-order valence-corrected chi connectivity index (χ4v) is 2.91. The van der Waals surface area contributed by atoms with Crippen LogP contribution in [0.25, 0.3) is 10.8 Å². The average molecular weight is 349 g/mol. The Morgan fingerprint density at radius 1 is 1.04 bits per heavy atom. The van der Waals surface area contributed by atoms with Crippen LogP contribution in [0.4, 0.5) is 0 Å². The number of nitrogens with zero attached hydrogens (tertiary/aromatic N) is 1. The Bertz CT molecular complexity index is 998. The second kappa shape index (κ2) is 6.75. The third-order valence-corrected chi connectivity index (χ3v) is 4.54. The fourth-order valence-electron chi connectivity index (χ4n) is 2.91. The number of fused-ring (bicyclic) bond motifs is 1. The lowest BCUT2D eigenvalue weighted by atomic mass is 9.86. The number of nitrogens with one attached hydrogen (secondary N) is 2. The third kappa shape index (κ3) is 3.52. The summed E-state index contributed by atoms with van der Waals surface area (Å²) in [5, 5.41) is 10.3. The Morgan fingerprint density at radius 2 is 1.65 bits per heavy atom. The van der Waals surface area contributed by atoms with Crippen molar-refractivity contribution in [3.05, 3.63) is 75.7 Å². The molecule has 134 valence electrons. The van der Waals surface area contributed by atoms with Crippen LogP contribution in [0, 0.1) is 0 Å². The number of rotatable bonds is 3. The summed E-state index contributed by atoms with van der Waals surface area (Å²) in [4.78, 5) is 24.5. The van der Waals surface area contributed by atoms with Gasteiger partial charge in [0.1, 0.15) is 0 Å². The van der Waals surface area contributed by atoms with Crippen molar-refractivity contribution in [2.24, 2.45) is 0 Å². The van der Waals surface area contributed by atoms with Gasteiger partial charge in [0.2, 0.25) is 0 Å². The molecule has 0 radical (unpaired) electrons. The quantitative estimate of drug-likeness (QED) is 0.757. The maximum absolute atomic E-state index is 12.7. The van der Waals surface area contributed by atoms with Crippen molar-refractivity contribution in [3.8, 4) is 0 Å². The van der Waals surface area contributed by atoms with Crippen LogP contribution >= 0.6 is 0 Å². The van der Waals surface area contributed by atoms with Crippen LogP contribution in [0.2, 0.25) is 0 Å². The molecule has 1 heterocycles. The summed E-state index contributed by atoms with van der Waals surface area (Å²) in [6.07, 6.45) is 0. The van der Waals surface area contributed by atoms with Crippen LogP contribution in [0.3, 0.4) is 0 Å². The molecule has 0 fully saturated rings. The smallest absolute Gasteiger partial charge is 0.272 e. The Balaban J connectivity index is 1.84. The van der Waals surface area contributed by atoms with E-state index in [0.717, 1.165) is 5.56 Å². The molecule has 0 aliphatic carbocycles. The summed E-state index contributed by atoms with van der Waals surface area (Å²) >= 11 is 0. The molecule has 5 nitrogen and oxygen atoms in total. The van der Waals surface area contributed by atoms with Gasteiger partial charge in [0, 0.05) is 5.39 Å². The first-order valence-electron chi connectivity index (χ1n) is 8.66. The average Bonchev–Trinajstić information content (AvgIpc) is 2.61. The van der Waals surface area contributed by atoms with Gasteiger partial charge in [-0.1, -0.05) is 63.2 Å². The molecular formula is C21H23N3O2. The van der Waals surface area contributed by atoms with E-state index < -0.39 is 0 Å². The van der Waals surface area contributed by atoms with E-state index >= 15 is 0 Å². The highest BCUT2D eigenvalue weighted by atomic mass is 16.2. The molecule has 0 aliphatic heterocycles. The first kappa shape index (κ1) is 17.9. The molecule has 2 N–H and O–H groups in total. The molecule has 0 saturated heterocycles. The molecule has 5 heteroatoms. The van der Waals surface area contributed by atoms with E-state index in [4.69, 9.17) is 0 Å². The van der Waals surface area contributed by atoms with Crippen molar-refractivity contribution in [2.45, 2.75) is 39.2 Å². The van der Waals surface area contributed by atoms with Gasteiger partial charge in [0.05, 0.1) is 11.4 Å². The van der Waals surface area contributed by atoms with Crippen LogP contribution in [0.1, 0.15) is 55.4 Å². The molecule has 1 amide bonds. The standard InChI is InChI=1S/C21H23N3O2/c1-13(14-9-11-15(12-10-14)21(2,3)4)22-20(26)18-16-7-5-6-8-17(16)19(25)24-23-18/h5-13H,1-4H3,(H,22,26)(H,24,25). The summed E-state index contributed by atoms with van der Waals surface area (Å²) in [6, 6.07) is 15.0. The number of H-pyrrole nitrogens is 1. The highest BCUT2D eigenvalue weighted by Gasteiger charge is 2.18. The van der Waals surface area contributed by atoms with Crippen LogP contribution in [-0.4, -0.2) is 16.1 Å². The summed E-state index contributed by atoms with van der Waals surface area (Å²) in [5.41, 5.74) is 2.26. The van der Waals surface area contributed by atoms with Crippen LogP contribution < -0.4 is 10.9 Å². The lowest BCUT2D eigenvalue weighted by Crippen LogP contribution is -2.29. The van der Waals surface area contributed by atoms with E-state index in [2.05, 4.69) is 48.4 Å². The SMILES string of the molecule is CC(NC(=O)c1n[nH]c(=O)c2ccccc12)c1ccc(C(C)(C)C)cc1. The second-order valence-electron chi connectivity index (χ2n) is 7.51. The third-order valence-electron chi connectivity index (χ3n) is 4.54. The van der Waals surface area contributed by atoms with Crippen molar-refractivity contribution in [2.75, 3.05) is 0 Å². The van der Waals surface area contributed by atoms with Gasteiger partial charge in [-0.3, -0.25) is 9.59 Å². The Morgan fingerprint density at radius 3 is 2.27 bits per heavy atom. The number of aromatic amines is 1. The topological polar surface area (TPSA) is 74.8 Å². The Labute approximate surface area is 152 Å². The van der Waals surface area contributed by atoms with Gasteiger partial charge < -0.3 is 5.32 Å². The molecule has 0 spiro atoms. The normalized spacial score (nSPS) is 12.8. The van der Waals surface area contributed by atoms with E-state index in [1.54, 1.807) is 24.3 Å². The molecule has 2 aromatic carbocycles. The molecule has 1 unspecified atom stereocenters. The molecule has 0 saturated carbocycles. The number of hydrogen-bond acceptors (Lipinski definition) is 3. The molecule has 0 bridgehead atoms. The molecule has 0 aliphatic rings. The molecule has 3 rings (SSSR count). The first-order chi connectivity index (χ1) is 12.3.